The van der Waals surface area contributed by atoms with E-state index in [1.54, 1.807) is 4.90 Å². The molecule has 0 aromatic heterocycles. The molecule has 1 aromatic rings. The number of guanidine groups is 1. The van der Waals surface area contributed by atoms with Crippen molar-refractivity contribution in [2.75, 3.05) is 70.9 Å². The van der Waals surface area contributed by atoms with Crippen molar-refractivity contribution >= 4 is 17.7 Å². The number of likely N-dealkylation sites (tertiary alicyclic amines) is 1. The van der Waals surface area contributed by atoms with Gasteiger partial charge in [0, 0.05) is 64.6 Å². The van der Waals surface area contributed by atoms with E-state index in [1.165, 1.54) is 12.1 Å². The van der Waals surface area contributed by atoms with E-state index < -0.39 is 0 Å². The predicted molar refractivity (Wildman–Crippen MR) is 130 cm³/mol. The van der Waals surface area contributed by atoms with Crippen molar-refractivity contribution in [2.45, 2.75) is 38.6 Å². The van der Waals surface area contributed by atoms with Gasteiger partial charge in [0.2, 0.25) is 0 Å². The Morgan fingerprint density at radius 2 is 1.78 bits per heavy atom. The number of hydrogen-bond donors (Lipinski definition) is 2. The molecular formula is C24H40N6O2. The highest BCUT2D eigenvalue weighted by Gasteiger charge is 2.24. The van der Waals surface area contributed by atoms with Crippen LogP contribution in [-0.2, 0) is 4.74 Å². The van der Waals surface area contributed by atoms with Crippen LogP contribution in [0.15, 0.2) is 35.3 Å². The number of carbonyl (C=O) groups excluding carboxylic acids is 1. The van der Waals surface area contributed by atoms with Crippen LogP contribution in [0.5, 0.6) is 0 Å². The number of benzene rings is 1. The number of piperidine rings is 1. The number of aliphatic imine (C=N–C) groups is 1. The summed E-state index contributed by atoms with van der Waals surface area (Å²) in [4.78, 5) is 23.0. The Hall–Kier alpha value is -2.48. The number of rotatable bonds is 8. The van der Waals surface area contributed by atoms with Gasteiger partial charge in [-0.15, -0.1) is 0 Å². The summed E-state index contributed by atoms with van der Waals surface area (Å²) in [7, 11) is 1.81. The minimum atomic E-state index is -0.199. The van der Waals surface area contributed by atoms with Crippen LogP contribution in [0.25, 0.3) is 0 Å². The molecule has 3 rings (SSSR count). The molecule has 2 saturated heterocycles. The van der Waals surface area contributed by atoms with Crippen LogP contribution in [0, 0.1) is 0 Å². The molecule has 0 unspecified atom stereocenters. The first kappa shape index (κ1) is 24.2. The Morgan fingerprint density at radius 3 is 2.44 bits per heavy atom. The molecule has 1 aromatic carbocycles. The molecule has 2 N–H and O–H groups in total. The van der Waals surface area contributed by atoms with Gasteiger partial charge < -0.3 is 25.2 Å². The second-order valence-electron chi connectivity index (χ2n) is 8.47. The summed E-state index contributed by atoms with van der Waals surface area (Å²) in [5, 5.41) is 6.95. The largest absolute Gasteiger partial charge is 0.450 e. The Kier molecular flexibility index (Phi) is 9.94. The van der Waals surface area contributed by atoms with Crippen molar-refractivity contribution in [3.63, 3.8) is 0 Å². The normalized spacial score (nSPS) is 18.5. The van der Waals surface area contributed by atoms with Crippen LogP contribution in [0.2, 0.25) is 0 Å². The SMILES string of the molecule is CCOC(=O)N1CCC(NC(=NC)NCCCCN2CCN(c3ccccc3)CC2)CC1. The summed E-state index contributed by atoms with van der Waals surface area (Å²) in [5.74, 6) is 0.857. The lowest BCUT2D eigenvalue weighted by atomic mass is 10.1. The monoisotopic (exact) mass is 444 g/mol. The van der Waals surface area contributed by atoms with E-state index in [1.807, 2.05) is 14.0 Å². The van der Waals surface area contributed by atoms with E-state index in [4.69, 9.17) is 4.74 Å². The number of anilines is 1. The average molecular weight is 445 g/mol. The summed E-state index contributed by atoms with van der Waals surface area (Å²) in [6, 6.07) is 11.0. The molecule has 0 spiro atoms. The summed E-state index contributed by atoms with van der Waals surface area (Å²) >= 11 is 0. The predicted octanol–water partition coefficient (Wildman–Crippen LogP) is 2.37. The molecular weight excluding hydrogens is 404 g/mol. The van der Waals surface area contributed by atoms with E-state index in [2.05, 4.69) is 55.8 Å². The molecule has 8 heteroatoms. The van der Waals surface area contributed by atoms with Crippen molar-refractivity contribution in [3.8, 4) is 0 Å². The lowest BCUT2D eigenvalue weighted by molar-refractivity contribution is 0.0963. The second kappa shape index (κ2) is 13.2. The molecule has 0 radical (unpaired) electrons. The first-order chi connectivity index (χ1) is 15.7. The zero-order valence-corrected chi connectivity index (χ0v) is 19.8. The van der Waals surface area contributed by atoms with Gasteiger partial charge in [0.05, 0.1) is 6.61 Å². The lowest BCUT2D eigenvalue weighted by Gasteiger charge is -2.36. The highest BCUT2D eigenvalue weighted by Crippen LogP contribution is 2.15. The summed E-state index contributed by atoms with van der Waals surface area (Å²) in [5.41, 5.74) is 1.33. The number of nitrogens with one attached hydrogen (secondary N) is 2. The maximum absolute atomic E-state index is 11.8. The van der Waals surface area contributed by atoms with Gasteiger partial charge in [0.15, 0.2) is 5.96 Å². The second-order valence-corrected chi connectivity index (χ2v) is 8.47. The van der Waals surface area contributed by atoms with Crippen molar-refractivity contribution in [2.24, 2.45) is 4.99 Å². The molecule has 2 aliphatic heterocycles. The summed E-state index contributed by atoms with van der Waals surface area (Å²) in [6.07, 6.45) is 3.94. The number of para-hydroxylation sites is 1. The zero-order valence-electron chi connectivity index (χ0n) is 19.8. The smallest absolute Gasteiger partial charge is 0.409 e. The maximum atomic E-state index is 11.8. The highest BCUT2D eigenvalue weighted by atomic mass is 16.6. The van der Waals surface area contributed by atoms with Gasteiger partial charge in [0.1, 0.15) is 0 Å². The van der Waals surface area contributed by atoms with Gasteiger partial charge in [-0.25, -0.2) is 4.79 Å². The van der Waals surface area contributed by atoms with E-state index in [0.717, 1.165) is 77.6 Å². The van der Waals surface area contributed by atoms with Crippen LogP contribution >= 0.6 is 0 Å². The zero-order chi connectivity index (χ0) is 22.6. The van der Waals surface area contributed by atoms with E-state index in [-0.39, 0.29) is 6.09 Å². The van der Waals surface area contributed by atoms with Gasteiger partial charge >= 0.3 is 6.09 Å². The molecule has 2 fully saturated rings. The molecule has 1 amide bonds. The Balaban J connectivity index is 1.24. The van der Waals surface area contributed by atoms with Gasteiger partial charge in [-0.3, -0.25) is 9.89 Å². The van der Waals surface area contributed by atoms with Crippen molar-refractivity contribution in [1.82, 2.24) is 20.4 Å². The van der Waals surface area contributed by atoms with Gasteiger partial charge in [-0.2, -0.15) is 0 Å². The first-order valence-electron chi connectivity index (χ1n) is 12.1. The molecule has 0 bridgehead atoms. The summed E-state index contributed by atoms with van der Waals surface area (Å²) in [6.45, 7) is 10.3. The number of carbonyl (C=O) groups is 1. The number of ether oxygens (including phenoxy) is 1. The third-order valence-electron chi connectivity index (χ3n) is 6.27. The topological polar surface area (TPSA) is 72.4 Å². The molecule has 2 heterocycles. The number of piperazine rings is 1. The molecule has 0 saturated carbocycles. The Bertz CT molecular complexity index is 698. The van der Waals surface area contributed by atoms with E-state index in [9.17, 15) is 4.79 Å². The van der Waals surface area contributed by atoms with Crippen LogP contribution in [0.3, 0.4) is 0 Å². The van der Waals surface area contributed by atoms with Crippen LogP contribution in [0.1, 0.15) is 32.6 Å². The first-order valence-corrected chi connectivity index (χ1v) is 12.1. The molecule has 0 aliphatic carbocycles. The fourth-order valence-electron chi connectivity index (χ4n) is 4.34. The number of hydrogen-bond acceptors (Lipinski definition) is 5. The fourth-order valence-corrected chi connectivity index (χ4v) is 4.34. The minimum Gasteiger partial charge on any atom is -0.450 e. The third kappa shape index (κ3) is 7.58. The fraction of sp³-hybridized carbons (Fsp3) is 0.667. The van der Waals surface area contributed by atoms with Crippen LogP contribution < -0.4 is 15.5 Å². The quantitative estimate of drug-likeness (QED) is 0.364. The number of amides is 1. The molecule has 178 valence electrons. The molecule has 8 nitrogen and oxygen atoms in total. The van der Waals surface area contributed by atoms with Crippen molar-refractivity contribution in [3.05, 3.63) is 30.3 Å². The van der Waals surface area contributed by atoms with Crippen LogP contribution in [-0.4, -0.2) is 93.9 Å². The van der Waals surface area contributed by atoms with Crippen molar-refractivity contribution in [1.29, 1.82) is 0 Å². The average Bonchev–Trinajstić information content (AvgIpc) is 2.84. The number of unbranched alkanes of at least 4 members (excludes halogenated alkanes) is 1. The number of nitrogens with zero attached hydrogens (tertiary/aromatic N) is 4. The Labute approximate surface area is 193 Å². The van der Waals surface area contributed by atoms with E-state index in [0.29, 0.717) is 12.6 Å². The molecule has 0 atom stereocenters. The highest BCUT2D eigenvalue weighted by molar-refractivity contribution is 5.80. The van der Waals surface area contributed by atoms with Gasteiger partial charge in [-0.05, 0) is 51.3 Å². The Morgan fingerprint density at radius 1 is 1.06 bits per heavy atom. The van der Waals surface area contributed by atoms with Crippen LogP contribution in [0.4, 0.5) is 10.5 Å². The third-order valence-corrected chi connectivity index (χ3v) is 6.27. The molecule has 32 heavy (non-hydrogen) atoms. The lowest BCUT2D eigenvalue weighted by Crippen LogP contribution is -2.50. The van der Waals surface area contributed by atoms with E-state index >= 15 is 0 Å². The standard InChI is InChI=1S/C24H40N6O2/c1-3-32-24(31)30-15-11-21(12-16-30)27-23(25-2)26-13-7-8-14-28-17-19-29(20-18-28)22-9-5-4-6-10-22/h4-6,9-10,21H,3,7-8,11-20H2,1-2H3,(H2,25,26,27). The summed E-state index contributed by atoms with van der Waals surface area (Å²) < 4.78 is 5.09. The minimum absolute atomic E-state index is 0.199. The van der Waals surface area contributed by atoms with Gasteiger partial charge in [-0.1, -0.05) is 18.2 Å². The maximum Gasteiger partial charge on any atom is 0.409 e. The van der Waals surface area contributed by atoms with Gasteiger partial charge in [0.25, 0.3) is 0 Å². The van der Waals surface area contributed by atoms with Crippen molar-refractivity contribution < 1.29 is 9.53 Å². The molecule has 2 aliphatic rings.